The monoisotopic (exact) mass is 704 g/mol. The van der Waals surface area contributed by atoms with Crippen LogP contribution in [0.3, 0.4) is 0 Å². The predicted molar refractivity (Wildman–Crippen MR) is 193 cm³/mol. The van der Waals surface area contributed by atoms with Crippen molar-refractivity contribution in [1.29, 1.82) is 0 Å². The maximum absolute atomic E-state index is 12.8. The van der Waals surface area contributed by atoms with Gasteiger partial charge in [-0.2, -0.15) is 0 Å². The quantitative estimate of drug-likeness (QED) is 0.121. The Labute approximate surface area is 290 Å². The van der Waals surface area contributed by atoms with Crippen molar-refractivity contribution in [1.82, 2.24) is 9.78 Å². The summed E-state index contributed by atoms with van der Waals surface area (Å²) in [7, 11) is 0. The van der Waals surface area contributed by atoms with E-state index in [1.165, 1.54) is 34.0 Å². The number of anilines is 3. The standard InChI is InChI=1S/C35H40Cl4N4O3/c1-7-34(3,4)21-11-14-29(24(16-21)35(5,6)8-2)46-15-9-10-31(44)40-23-12-13-25(37)28(19-23)41-30-20-32(45)43(42-30)33-26(38)17-22(36)18-27(33)39/h11-14,16-20,41-42H,7-10,15H2,1-6H3,(H,40,44). The number of carbonyl (C=O) groups is 1. The van der Waals surface area contributed by atoms with E-state index >= 15 is 0 Å². The summed E-state index contributed by atoms with van der Waals surface area (Å²) < 4.78 is 7.44. The number of halogens is 4. The maximum atomic E-state index is 12.8. The van der Waals surface area contributed by atoms with E-state index in [0.717, 1.165) is 18.6 Å². The molecule has 0 saturated carbocycles. The number of ether oxygens (including phenoxy) is 1. The Morgan fingerprint density at radius 3 is 2.20 bits per heavy atom. The molecule has 0 atom stereocenters. The van der Waals surface area contributed by atoms with Crippen LogP contribution in [-0.2, 0) is 15.6 Å². The smallest absolute Gasteiger partial charge is 0.273 e. The second-order valence-corrected chi connectivity index (χ2v) is 14.2. The van der Waals surface area contributed by atoms with Gasteiger partial charge in [0.05, 0.1) is 27.4 Å². The molecule has 0 unspecified atom stereocenters. The topological polar surface area (TPSA) is 88.2 Å². The Balaban J connectivity index is 1.38. The lowest BCUT2D eigenvalue weighted by Crippen LogP contribution is -2.21. The highest BCUT2D eigenvalue weighted by Crippen LogP contribution is 2.39. The predicted octanol–water partition coefficient (Wildman–Crippen LogP) is 10.7. The van der Waals surface area contributed by atoms with Crippen molar-refractivity contribution in [2.24, 2.45) is 0 Å². The Morgan fingerprint density at radius 2 is 1.54 bits per heavy atom. The minimum absolute atomic E-state index is 0.0432. The third kappa shape index (κ3) is 8.43. The minimum Gasteiger partial charge on any atom is -0.493 e. The number of carbonyl (C=O) groups excluding carboxylic acids is 1. The van der Waals surface area contributed by atoms with Crippen LogP contribution in [0.5, 0.6) is 5.75 Å². The van der Waals surface area contributed by atoms with Crippen LogP contribution >= 0.6 is 46.4 Å². The molecular formula is C35H40Cl4N4O3. The van der Waals surface area contributed by atoms with Crippen molar-refractivity contribution in [2.45, 2.75) is 78.1 Å². The number of nitrogens with one attached hydrogen (secondary N) is 3. The molecule has 1 aromatic heterocycles. The normalized spacial score (nSPS) is 11.9. The molecule has 1 heterocycles. The van der Waals surface area contributed by atoms with E-state index in [1.807, 2.05) is 0 Å². The molecule has 0 bridgehead atoms. The lowest BCUT2D eigenvalue weighted by Gasteiger charge is -2.30. The van der Waals surface area contributed by atoms with Crippen LogP contribution in [0.25, 0.3) is 5.69 Å². The number of hydrogen-bond acceptors (Lipinski definition) is 4. The summed E-state index contributed by atoms with van der Waals surface area (Å²) in [5.74, 6) is 1.05. The van der Waals surface area contributed by atoms with Gasteiger partial charge in [0.25, 0.3) is 5.56 Å². The van der Waals surface area contributed by atoms with Crippen LogP contribution in [0.1, 0.15) is 78.4 Å². The Morgan fingerprint density at radius 1 is 0.870 bits per heavy atom. The number of nitrogens with zero attached hydrogens (tertiary/aromatic N) is 1. The van der Waals surface area contributed by atoms with Crippen molar-refractivity contribution in [2.75, 3.05) is 17.2 Å². The van der Waals surface area contributed by atoms with Gasteiger partial charge in [0.2, 0.25) is 5.91 Å². The van der Waals surface area contributed by atoms with Gasteiger partial charge in [-0.25, -0.2) is 4.68 Å². The third-order valence-corrected chi connectivity index (χ3v) is 9.63. The van der Waals surface area contributed by atoms with E-state index in [9.17, 15) is 9.59 Å². The van der Waals surface area contributed by atoms with Crippen LogP contribution in [-0.4, -0.2) is 22.3 Å². The molecule has 1 amide bonds. The molecule has 11 heteroatoms. The first kappa shape index (κ1) is 35.7. The highest BCUT2D eigenvalue weighted by atomic mass is 35.5. The lowest BCUT2D eigenvalue weighted by atomic mass is 9.76. The van der Waals surface area contributed by atoms with Gasteiger partial charge in [-0.1, -0.05) is 100 Å². The van der Waals surface area contributed by atoms with Crippen LogP contribution < -0.4 is 20.9 Å². The molecule has 4 rings (SSSR count). The van der Waals surface area contributed by atoms with Crippen LogP contribution in [0.2, 0.25) is 20.1 Å². The molecule has 46 heavy (non-hydrogen) atoms. The number of hydrogen-bond donors (Lipinski definition) is 3. The van der Waals surface area contributed by atoms with Gasteiger partial charge < -0.3 is 15.4 Å². The van der Waals surface area contributed by atoms with Gasteiger partial charge in [0.15, 0.2) is 0 Å². The zero-order valence-electron chi connectivity index (χ0n) is 26.9. The van der Waals surface area contributed by atoms with E-state index < -0.39 is 5.56 Å². The molecule has 4 aromatic rings. The molecular weight excluding hydrogens is 666 g/mol. The first-order valence-corrected chi connectivity index (χ1v) is 16.8. The molecule has 0 aliphatic heterocycles. The van der Waals surface area contributed by atoms with E-state index in [-0.39, 0.29) is 38.9 Å². The van der Waals surface area contributed by atoms with Gasteiger partial charge in [-0.3, -0.25) is 14.7 Å². The van der Waals surface area contributed by atoms with E-state index in [4.69, 9.17) is 51.1 Å². The number of amides is 1. The number of aromatic amines is 1. The summed E-state index contributed by atoms with van der Waals surface area (Å²) in [6.45, 7) is 13.8. The number of H-pyrrole nitrogens is 1. The fourth-order valence-corrected chi connectivity index (χ4v) is 6.01. The molecule has 0 radical (unpaired) electrons. The largest absolute Gasteiger partial charge is 0.493 e. The fraction of sp³-hybridized carbons (Fsp3) is 0.371. The van der Waals surface area contributed by atoms with Crippen molar-refractivity contribution < 1.29 is 9.53 Å². The summed E-state index contributed by atoms with van der Waals surface area (Å²) in [6, 6.07) is 15.9. The molecule has 7 nitrogen and oxygen atoms in total. The fourth-order valence-electron chi connectivity index (χ4n) is 4.86. The first-order valence-electron chi connectivity index (χ1n) is 15.3. The van der Waals surface area contributed by atoms with E-state index in [0.29, 0.717) is 40.3 Å². The molecule has 0 aliphatic carbocycles. The second-order valence-electron chi connectivity index (χ2n) is 12.6. The number of benzene rings is 3. The SMILES string of the molecule is CCC(C)(C)c1ccc(OCCCC(=O)Nc2ccc(Cl)c(Nc3cc(=O)n(-c4c(Cl)cc(Cl)cc4Cl)[nH]3)c2)c(C(C)(C)CC)c1. The number of aromatic nitrogens is 2. The van der Waals surface area contributed by atoms with Gasteiger partial charge in [0, 0.05) is 28.8 Å². The molecule has 0 aliphatic rings. The lowest BCUT2D eigenvalue weighted by molar-refractivity contribution is -0.116. The highest BCUT2D eigenvalue weighted by molar-refractivity contribution is 6.40. The summed E-state index contributed by atoms with van der Waals surface area (Å²) in [6.07, 6.45) is 2.84. The van der Waals surface area contributed by atoms with Gasteiger partial charge >= 0.3 is 0 Å². The molecule has 246 valence electrons. The average molecular weight is 707 g/mol. The summed E-state index contributed by atoms with van der Waals surface area (Å²) in [5.41, 5.74) is 3.42. The molecule has 3 aromatic carbocycles. The number of rotatable bonds is 13. The van der Waals surface area contributed by atoms with Gasteiger partial charge in [-0.05, 0) is 72.1 Å². The molecule has 0 saturated heterocycles. The van der Waals surface area contributed by atoms with Crippen LogP contribution in [0.4, 0.5) is 17.2 Å². The average Bonchev–Trinajstić information content (AvgIpc) is 3.35. The maximum Gasteiger partial charge on any atom is 0.273 e. The Kier molecular flexibility index (Phi) is 11.5. The molecule has 0 fully saturated rings. The minimum atomic E-state index is -0.400. The Hall–Kier alpha value is -3.10. The van der Waals surface area contributed by atoms with Gasteiger partial charge in [0.1, 0.15) is 17.3 Å². The molecule has 3 N–H and O–H groups in total. The summed E-state index contributed by atoms with van der Waals surface area (Å²) in [5, 5.41) is 10.1. The molecule has 0 spiro atoms. The summed E-state index contributed by atoms with van der Waals surface area (Å²) in [4.78, 5) is 25.6. The van der Waals surface area contributed by atoms with Crippen molar-refractivity contribution in [3.05, 3.63) is 96.2 Å². The first-order chi connectivity index (χ1) is 21.6. The van der Waals surface area contributed by atoms with Crippen molar-refractivity contribution in [3.8, 4) is 11.4 Å². The third-order valence-electron chi connectivity index (χ3n) is 8.51. The zero-order valence-corrected chi connectivity index (χ0v) is 29.9. The summed E-state index contributed by atoms with van der Waals surface area (Å²) >= 11 is 25.0. The van der Waals surface area contributed by atoms with Crippen LogP contribution in [0.15, 0.2) is 59.4 Å². The van der Waals surface area contributed by atoms with Crippen molar-refractivity contribution >= 4 is 69.5 Å². The highest BCUT2D eigenvalue weighted by Gasteiger charge is 2.26. The van der Waals surface area contributed by atoms with E-state index in [1.54, 1.807) is 18.2 Å². The van der Waals surface area contributed by atoms with Crippen LogP contribution in [0, 0.1) is 0 Å². The van der Waals surface area contributed by atoms with Gasteiger partial charge in [-0.15, -0.1) is 0 Å². The second kappa shape index (κ2) is 14.8. The van der Waals surface area contributed by atoms with Crippen molar-refractivity contribution in [3.63, 3.8) is 0 Å². The zero-order chi connectivity index (χ0) is 33.8. The van der Waals surface area contributed by atoms with E-state index in [2.05, 4.69) is 75.5 Å². The Bertz CT molecular complexity index is 1750.